The van der Waals surface area contributed by atoms with E-state index in [1.54, 1.807) is 0 Å². The number of likely N-dealkylation sites (N-methyl/N-ethyl adjacent to an activating group) is 1. The Balaban J connectivity index is 1.86. The molecule has 0 heterocycles. The van der Waals surface area contributed by atoms with Crippen molar-refractivity contribution >= 4 is 0 Å². The minimum atomic E-state index is 0.471. The third-order valence-corrected chi connectivity index (χ3v) is 8.22. The first-order valence-corrected chi connectivity index (χ1v) is 12.7. The standard InChI is InChI=1S/C29H49N/c1-8-10-12-25(6)30(7)29-20-23(4)28(19-24(29)5)18-16-22(3)15-17-27-14-11-13-26(9-2)21-27/h8,10,12,15-17,23-29H,1,9,11,13-14,18-21H2,2-7H3/b12-10-,17-15+,22-16+. The lowest BCUT2D eigenvalue weighted by atomic mass is 9.70. The van der Waals surface area contributed by atoms with E-state index in [2.05, 4.69) is 83.5 Å². The zero-order valence-electron chi connectivity index (χ0n) is 20.8. The molecule has 30 heavy (non-hydrogen) atoms. The molecule has 0 saturated heterocycles. The number of rotatable bonds is 9. The molecule has 2 fully saturated rings. The van der Waals surface area contributed by atoms with E-state index in [9.17, 15) is 0 Å². The fourth-order valence-corrected chi connectivity index (χ4v) is 5.82. The smallest absolute Gasteiger partial charge is 0.0252 e. The van der Waals surface area contributed by atoms with Crippen LogP contribution in [0.3, 0.4) is 0 Å². The molecule has 0 amide bonds. The highest BCUT2D eigenvalue weighted by Gasteiger charge is 2.35. The summed E-state index contributed by atoms with van der Waals surface area (Å²) >= 11 is 0. The van der Waals surface area contributed by atoms with Crippen LogP contribution in [0.1, 0.15) is 86.0 Å². The maximum atomic E-state index is 3.81. The van der Waals surface area contributed by atoms with Gasteiger partial charge in [-0.3, -0.25) is 4.90 Å². The van der Waals surface area contributed by atoms with Gasteiger partial charge in [0.25, 0.3) is 0 Å². The summed E-state index contributed by atoms with van der Waals surface area (Å²) in [5.41, 5.74) is 1.47. The van der Waals surface area contributed by atoms with Crippen LogP contribution >= 0.6 is 0 Å². The van der Waals surface area contributed by atoms with Gasteiger partial charge in [0.1, 0.15) is 0 Å². The Morgan fingerprint density at radius 3 is 2.60 bits per heavy atom. The summed E-state index contributed by atoms with van der Waals surface area (Å²) in [7, 11) is 2.30. The van der Waals surface area contributed by atoms with Gasteiger partial charge in [-0.2, -0.15) is 0 Å². The van der Waals surface area contributed by atoms with Crippen LogP contribution in [0.25, 0.3) is 0 Å². The van der Waals surface area contributed by atoms with Gasteiger partial charge < -0.3 is 0 Å². The lowest BCUT2D eigenvalue weighted by Gasteiger charge is -2.44. The van der Waals surface area contributed by atoms with Crippen LogP contribution in [-0.2, 0) is 0 Å². The molecule has 2 aliphatic carbocycles. The van der Waals surface area contributed by atoms with Crippen LogP contribution < -0.4 is 0 Å². The summed E-state index contributed by atoms with van der Waals surface area (Å²) in [5, 5.41) is 0. The zero-order valence-corrected chi connectivity index (χ0v) is 20.8. The molecule has 0 aromatic heterocycles. The van der Waals surface area contributed by atoms with Crippen LogP contribution in [0, 0.1) is 29.6 Å². The van der Waals surface area contributed by atoms with Crippen LogP contribution in [0.15, 0.2) is 48.6 Å². The van der Waals surface area contributed by atoms with Crippen molar-refractivity contribution in [3.8, 4) is 0 Å². The van der Waals surface area contributed by atoms with Crippen molar-refractivity contribution < 1.29 is 0 Å². The van der Waals surface area contributed by atoms with Crippen molar-refractivity contribution in [1.82, 2.24) is 4.90 Å². The summed E-state index contributed by atoms with van der Waals surface area (Å²) in [6.45, 7) is 15.7. The molecule has 2 aliphatic rings. The van der Waals surface area contributed by atoms with Crippen molar-refractivity contribution in [3.63, 3.8) is 0 Å². The second-order valence-corrected chi connectivity index (χ2v) is 10.5. The van der Waals surface area contributed by atoms with Crippen molar-refractivity contribution in [2.45, 2.75) is 98.1 Å². The van der Waals surface area contributed by atoms with Crippen LogP contribution in [0.5, 0.6) is 0 Å². The molecule has 0 spiro atoms. The Morgan fingerprint density at radius 1 is 1.13 bits per heavy atom. The maximum Gasteiger partial charge on any atom is 0.0252 e. The fraction of sp³-hybridized carbons (Fsp3) is 0.724. The van der Waals surface area contributed by atoms with Crippen LogP contribution in [-0.4, -0.2) is 24.0 Å². The van der Waals surface area contributed by atoms with Crippen molar-refractivity contribution in [2.75, 3.05) is 7.05 Å². The van der Waals surface area contributed by atoms with E-state index in [-0.39, 0.29) is 0 Å². The molecular formula is C29H49N. The molecule has 0 radical (unpaired) electrons. The molecule has 0 aliphatic heterocycles. The molecule has 0 bridgehead atoms. The summed E-state index contributed by atoms with van der Waals surface area (Å²) in [6, 6.07) is 1.15. The highest BCUT2D eigenvalue weighted by atomic mass is 15.2. The highest BCUT2D eigenvalue weighted by molar-refractivity contribution is 5.17. The van der Waals surface area contributed by atoms with Gasteiger partial charge in [0, 0.05) is 12.1 Å². The summed E-state index contributed by atoms with van der Waals surface area (Å²) in [4.78, 5) is 2.58. The molecule has 7 atom stereocenters. The third kappa shape index (κ3) is 7.56. The molecule has 2 rings (SSSR count). The van der Waals surface area contributed by atoms with E-state index in [1.807, 2.05) is 6.08 Å². The van der Waals surface area contributed by atoms with E-state index in [0.717, 1.165) is 29.6 Å². The third-order valence-electron chi connectivity index (χ3n) is 8.22. The molecule has 0 N–H and O–H groups in total. The van der Waals surface area contributed by atoms with E-state index >= 15 is 0 Å². The van der Waals surface area contributed by atoms with Gasteiger partial charge in [-0.05, 0) is 82.6 Å². The van der Waals surface area contributed by atoms with Crippen molar-refractivity contribution in [2.24, 2.45) is 29.6 Å². The molecule has 7 unspecified atom stereocenters. The first kappa shape index (κ1) is 25.2. The van der Waals surface area contributed by atoms with Gasteiger partial charge in [-0.15, -0.1) is 0 Å². The fourth-order valence-electron chi connectivity index (χ4n) is 5.82. The molecular weight excluding hydrogens is 362 g/mol. The van der Waals surface area contributed by atoms with E-state index in [0.29, 0.717) is 12.1 Å². The normalized spacial score (nSPS) is 34.7. The summed E-state index contributed by atoms with van der Waals surface area (Å²) in [5.74, 6) is 4.15. The van der Waals surface area contributed by atoms with Gasteiger partial charge in [0.15, 0.2) is 0 Å². The minimum absolute atomic E-state index is 0.471. The lowest BCUT2D eigenvalue weighted by Crippen LogP contribution is -2.46. The Morgan fingerprint density at radius 2 is 1.90 bits per heavy atom. The van der Waals surface area contributed by atoms with Gasteiger partial charge in [-0.25, -0.2) is 0 Å². The predicted octanol–water partition coefficient (Wildman–Crippen LogP) is 8.21. The second-order valence-electron chi connectivity index (χ2n) is 10.5. The minimum Gasteiger partial charge on any atom is -0.297 e. The number of hydrogen-bond donors (Lipinski definition) is 0. The molecule has 0 aromatic carbocycles. The average Bonchev–Trinajstić information content (AvgIpc) is 2.75. The first-order valence-electron chi connectivity index (χ1n) is 12.7. The Hall–Kier alpha value is -1.08. The topological polar surface area (TPSA) is 3.24 Å². The molecule has 170 valence electrons. The van der Waals surface area contributed by atoms with Crippen molar-refractivity contribution in [3.05, 3.63) is 48.6 Å². The average molecular weight is 412 g/mol. The summed E-state index contributed by atoms with van der Waals surface area (Å²) < 4.78 is 0. The van der Waals surface area contributed by atoms with Crippen LogP contribution in [0.2, 0.25) is 0 Å². The molecule has 0 aromatic rings. The first-order chi connectivity index (χ1) is 14.3. The van der Waals surface area contributed by atoms with Gasteiger partial charge in [0.2, 0.25) is 0 Å². The lowest BCUT2D eigenvalue weighted by molar-refractivity contribution is 0.0653. The molecule has 1 heteroatoms. The maximum absolute atomic E-state index is 3.81. The van der Waals surface area contributed by atoms with Gasteiger partial charge >= 0.3 is 0 Å². The monoisotopic (exact) mass is 411 g/mol. The SMILES string of the molecule is C=C/C=C\C(C)N(C)C1CC(C)C(C/C=C(C)/C=C/C2CCCC(CC)C2)CC1C. The number of nitrogens with zero attached hydrogens (tertiary/aromatic N) is 1. The van der Waals surface area contributed by atoms with Crippen LogP contribution in [0.4, 0.5) is 0 Å². The van der Waals surface area contributed by atoms with E-state index in [4.69, 9.17) is 0 Å². The number of allylic oxidation sites excluding steroid dienone is 6. The Kier molecular flexibility index (Phi) is 10.7. The Labute approximate surface area is 188 Å². The second kappa shape index (κ2) is 12.7. The largest absolute Gasteiger partial charge is 0.297 e. The number of hydrogen-bond acceptors (Lipinski definition) is 1. The van der Waals surface area contributed by atoms with Gasteiger partial charge in [0.05, 0.1) is 0 Å². The highest BCUT2D eigenvalue weighted by Crippen LogP contribution is 2.39. The van der Waals surface area contributed by atoms with E-state index in [1.165, 1.54) is 56.9 Å². The summed E-state index contributed by atoms with van der Waals surface area (Å²) in [6.07, 6.45) is 24.6. The predicted molar refractivity (Wildman–Crippen MR) is 135 cm³/mol. The Bertz CT molecular complexity index is 597. The molecule has 1 nitrogen and oxygen atoms in total. The zero-order chi connectivity index (χ0) is 22.1. The van der Waals surface area contributed by atoms with Gasteiger partial charge in [-0.1, -0.05) is 88.6 Å². The quantitative estimate of drug-likeness (QED) is 0.345. The molecule has 2 saturated carbocycles. The van der Waals surface area contributed by atoms with Crippen molar-refractivity contribution in [1.29, 1.82) is 0 Å². The van der Waals surface area contributed by atoms with E-state index < -0.39 is 0 Å².